The van der Waals surface area contributed by atoms with Crippen LogP contribution < -0.4 is 14.8 Å². The predicted molar refractivity (Wildman–Crippen MR) is 101 cm³/mol. The highest BCUT2D eigenvalue weighted by molar-refractivity contribution is 7.99. The summed E-state index contributed by atoms with van der Waals surface area (Å²) < 4.78 is 10.7. The van der Waals surface area contributed by atoms with E-state index in [0.29, 0.717) is 18.1 Å². The Bertz CT molecular complexity index is 649. The summed E-state index contributed by atoms with van der Waals surface area (Å²) in [7, 11) is 1.63. The van der Waals surface area contributed by atoms with E-state index in [9.17, 15) is 4.79 Å². The van der Waals surface area contributed by atoms with E-state index < -0.39 is 0 Å². The van der Waals surface area contributed by atoms with Crippen molar-refractivity contribution in [1.82, 2.24) is 0 Å². The molecule has 0 spiro atoms. The van der Waals surface area contributed by atoms with E-state index in [4.69, 9.17) is 21.1 Å². The maximum atomic E-state index is 11.8. The number of thioether (sulfide) groups is 1. The minimum absolute atomic E-state index is 0.0131. The number of carbonyl (C=O) groups is 1. The normalized spacial score (nSPS) is 10.2. The lowest BCUT2D eigenvalue weighted by molar-refractivity contribution is -0.115. The van der Waals surface area contributed by atoms with Crippen LogP contribution in [0.5, 0.6) is 11.5 Å². The van der Waals surface area contributed by atoms with Crippen molar-refractivity contribution in [3.8, 4) is 11.5 Å². The first-order valence-corrected chi connectivity index (χ1v) is 9.10. The van der Waals surface area contributed by atoms with E-state index in [1.165, 1.54) is 0 Å². The summed E-state index contributed by atoms with van der Waals surface area (Å²) >= 11 is 7.57. The summed E-state index contributed by atoms with van der Waals surface area (Å²) in [5.74, 6) is 3.19. The second-order valence-electron chi connectivity index (χ2n) is 4.94. The molecule has 24 heavy (non-hydrogen) atoms. The molecule has 2 aromatic rings. The molecule has 2 aromatic carbocycles. The van der Waals surface area contributed by atoms with E-state index in [1.807, 2.05) is 36.4 Å². The number of halogens is 1. The summed E-state index contributed by atoms with van der Waals surface area (Å²) in [5.41, 5.74) is 0.723. The van der Waals surface area contributed by atoms with Gasteiger partial charge in [0.25, 0.3) is 0 Å². The van der Waals surface area contributed by atoms with Crippen LogP contribution in [-0.2, 0) is 4.79 Å². The van der Waals surface area contributed by atoms with Crippen LogP contribution in [0.4, 0.5) is 5.69 Å². The van der Waals surface area contributed by atoms with Crippen LogP contribution in [-0.4, -0.2) is 31.1 Å². The average Bonchev–Trinajstić information content (AvgIpc) is 2.58. The van der Waals surface area contributed by atoms with Crippen LogP contribution in [0.2, 0.25) is 5.02 Å². The second-order valence-corrected chi connectivity index (χ2v) is 6.61. The summed E-state index contributed by atoms with van der Waals surface area (Å²) in [6.07, 6.45) is 0.458. The van der Waals surface area contributed by atoms with Gasteiger partial charge in [0.1, 0.15) is 11.5 Å². The van der Waals surface area contributed by atoms with Gasteiger partial charge in [-0.3, -0.25) is 4.79 Å². The summed E-state index contributed by atoms with van der Waals surface area (Å²) in [6, 6.07) is 14.6. The van der Waals surface area contributed by atoms with Crippen LogP contribution in [0.1, 0.15) is 6.42 Å². The maximum Gasteiger partial charge on any atom is 0.225 e. The Labute approximate surface area is 151 Å². The topological polar surface area (TPSA) is 47.6 Å². The zero-order chi connectivity index (χ0) is 17.2. The molecule has 0 atom stereocenters. The Morgan fingerprint density at radius 2 is 1.88 bits per heavy atom. The fraction of sp³-hybridized carbons (Fsp3) is 0.278. The number of benzene rings is 2. The van der Waals surface area contributed by atoms with Crippen LogP contribution in [0.15, 0.2) is 48.5 Å². The third-order valence-electron chi connectivity index (χ3n) is 3.14. The van der Waals surface area contributed by atoms with Crippen molar-refractivity contribution in [3.05, 3.63) is 53.6 Å². The molecule has 0 heterocycles. The van der Waals surface area contributed by atoms with Crippen molar-refractivity contribution in [3.63, 3.8) is 0 Å². The van der Waals surface area contributed by atoms with Crippen molar-refractivity contribution < 1.29 is 14.3 Å². The van der Waals surface area contributed by atoms with E-state index in [-0.39, 0.29) is 5.91 Å². The van der Waals surface area contributed by atoms with Gasteiger partial charge in [0, 0.05) is 28.6 Å². The smallest absolute Gasteiger partial charge is 0.225 e. The number of hydrogen-bond donors (Lipinski definition) is 1. The van der Waals surface area contributed by atoms with Crippen LogP contribution in [0.3, 0.4) is 0 Å². The molecule has 0 aliphatic heterocycles. The highest BCUT2D eigenvalue weighted by Gasteiger charge is 2.03. The molecule has 6 heteroatoms. The average molecular weight is 366 g/mol. The molecular weight excluding hydrogens is 346 g/mol. The number of methoxy groups -OCH3 is 1. The molecule has 2 rings (SSSR count). The van der Waals surface area contributed by atoms with Gasteiger partial charge in [-0.25, -0.2) is 0 Å². The lowest BCUT2D eigenvalue weighted by atomic mass is 10.3. The third-order valence-corrected chi connectivity index (χ3v) is 4.32. The van der Waals surface area contributed by atoms with Gasteiger partial charge in [0.15, 0.2) is 0 Å². The molecule has 1 N–H and O–H groups in total. The lowest BCUT2D eigenvalue weighted by Crippen LogP contribution is -2.12. The van der Waals surface area contributed by atoms with Crippen LogP contribution >= 0.6 is 23.4 Å². The van der Waals surface area contributed by atoms with Crippen molar-refractivity contribution in [2.75, 3.05) is 30.5 Å². The Balaban J connectivity index is 1.56. The molecule has 0 unspecified atom stereocenters. The number of anilines is 1. The Hall–Kier alpha value is -1.85. The van der Waals surface area contributed by atoms with Crippen LogP contribution in [0.25, 0.3) is 0 Å². The first-order valence-electron chi connectivity index (χ1n) is 7.57. The number of nitrogens with one attached hydrogen (secondary N) is 1. The first kappa shape index (κ1) is 18.5. The van der Waals surface area contributed by atoms with E-state index in [0.717, 1.165) is 28.7 Å². The SMILES string of the molecule is COc1ccc(OCCSCCC(=O)Nc2cccc(Cl)c2)cc1. The van der Waals surface area contributed by atoms with Crippen molar-refractivity contribution in [2.24, 2.45) is 0 Å². The monoisotopic (exact) mass is 365 g/mol. The van der Waals surface area contributed by atoms with Gasteiger partial charge in [-0.2, -0.15) is 11.8 Å². The first-order chi connectivity index (χ1) is 11.7. The molecule has 0 fully saturated rings. The number of hydrogen-bond acceptors (Lipinski definition) is 4. The molecule has 0 aliphatic carbocycles. The Morgan fingerprint density at radius 3 is 2.58 bits per heavy atom. The van der Waals surface area contributed by atoms with Gasteiger partial charge in [0.2, 0.25) is 5.91 Å². The summed E-state index contributed by atoms with van der Waals surface area (Å²) in [4.78, 5) is 11.8. The zero-order valence-electron chi connectivity index (χ0n) is 13.5. The van der Waals surface area contributed by atoms with Gasteiger partial charge < -0.3 is 14.8 Å². The molecule has 0 aliphatic rings. The predicted octanol–water partition coefficient (Wildman–Crippen LogP) is 4.49. The third kappa shape index (κ3) is 6.72. The summed E-state index contributed by atoms with van der Waals surface area (Å²) in [6.45, 7) is 0.604. The van der Waals surface area contributed by atoms with E-state index in [1.54, 1.807) is 31.0 Å². The quantitative estimate of drug-likeness (QED) is 0.665. The number of amides is 1. The fourth-order valence-corrected chi connectivity index (χ4v) is 2.87. The van der Waals surface area contributed by atoms with Crippen LogP contribution in [0, 0.1) is 0 Å². The van der Waals surface area contributed by atoms with Crippen molar-refractivity contribution >= 4 is 35.0 Å². The molecule has 0 saturated carbocycles. The van der Waals surface area contributed by atoms with Gasteiger partial charge >= 0.3 is 0 Å². The molecule has 128 valence electrons. The minimum atomic E-state index is -0.0131. The standard InChI is InChI=1S/C18H20ClNO3S/c1-22-16-5-7-17(8-6-16)23-10-12-24-11-9-18(21)20-15-4-2-3-14(19)13-15/h2-8,13H,9-12H2,1H3,(H,20,21). The van der Waals surface area contributed by atoms with E-state index >= 15 is 0 Å². The van der Waals surface area contributed by atoms with E-state index in [2.05, 4.69) is 5.32 Å². The lowest BCUT2D eigenvalue weighted by Gasteiger charge is -2.07. The largest absolute Gasteiger partial charge is 0.497 e. The van der Waals surface area contributed by atoms with Crippen molar-refractivity contribution in [1.29, 1.82) is 0 Å². The zero-order valence-corrected chi connectivity index (χ0v) is 15.0. The highest BCUT2D eigenvalue weighted by atomic mass is 35.5. The Kier molecular flexibility index (Phi) is 7.79. The molecule has 4 nitrogen and oxygen atoms in total. The van der Waals surface area contributed by atoms with Gasteiger partial charge in [0.05, 0.1) is 13.7 Å². The molecule has 1 amide bonds. The number of rotatable bonds is 9. The molecule has 0 radical (unpaired) electrons. The minimum Gasteiger partial charge on any atom is -0.497 e. The van der Waals surface area contributed by atoms with Gasteiger partial charge in [-0.15, -0.1) is 0 Å². The molecule has 0 aromatic heterocycles. The van der Waals surface area contributed by atoms with Gasteiger partial charge in [-0.1, -0.05) is 17.7 Å². The maximum absolute atomic E-state index is 11.8. The molecule has 0 saturated heterocycles. The number of ether oxygens (including phenoxy) is 2. The van der Waals surface area contributed by atoms with Gasteiger partial charge in [-0.05, 0) is 42.5 Å². The molecule has 0 bridgehead atoms. The highest BCUT2D eigenvalue weighted by Crippen LogP contribution is 2.18. The van der Waals surface area contributed by atoms with Crippen molar-refractivity contribution in [2.45, 2.75) is 6.42 Å². The fourth-order valence-electron chi connectivity index (χ4n) is 1.95. The Morgan fingerprint density at radius 1 is 1.12 bits per heavy atom. The molecular formula is C18H20ClNO3S. The second kappa shape index (κ2) is 10.1. The number of carbonyl (C=O) groups excluding carboxylic acids is 1. The summed E-state index contributed by atoms with van der Waals surface area (Å²) in [5, 5.41) is 3.44.